The SMILES string of the molecule is COc1ccc(-c2csc3ncnc(NCCc4ccsc4)c23)cc1. The first-order chi connectivity index (χ1) is 12.3. The van der Waals surface area contributed by atoms with E-state index in [-0.39, 0.29) is 0 Å². The molecule has 0 fully saturated rings. The summed E-state index contributed by atoms with van der Waals surface area (Å²) in [6, 6.07) is 10.3. The number of benzene rings is 1. The van der Waals surface area contributed by atoms with E-state index in [1.807, 2.05) is 12.1 Å². The average Bonchev–Trinajstić information content (AvgIpc) is 3.32. The number of nitrogens with one attached hydrogen (secondary N) is 1. The third-order valence-corrected chi connectivity index (χ3v) is 5.68. The quantitative estimate of drug-likeness (QED) is 0.516. The van der Waals surface area contributed by atoms with E-state index >= 15 is 0 Å². The van der Waals surface area contributed by atoms with Crippen molar-refractivity contribution in [3.8, 4) is 16.9 Å². The molecular weight excluding hydrogens is 350 g/mol. The summed E-state index contributed by atoms with van der Waals surface area (Å²) in [5, 5.41) is 11.0. The highest BCUT2D eigenvalue weighted by atomic mass is 32.1. The second kappa shape index (κ2) is 7.21. The van der Waals surface area contributed by atoms with Crippen molar-refractivity contribution < 1.29 is 4.74 Å². The number of hydrogen-bond acceptors (Lipinski definition) is 6. The predicted molar refractivity (Wildman–Crippen MR) is 106 cm³/mol. The normalized spacial score (nSPS) is 10.9. The van der Waals surface area contributed by atoms with Crippen molar-refractivity contribution in [2.75, 3.05) is 19.0 Å². The largest absolute Gasteiger partial charge is 0.497 e. The fraction of sp³-hybridized carbons (Fsp3) is 0.158. The molecule has 4 nitrogen and oxygen atoms in total. The van der Waals surface area contributed by atoms with E-state index in [4.69, 9.17) is 4.74 Å². The molecule has 0 bridgehead atoms. The number of methoxy groups -OCH3 is 1. The van der Waals surface area contributed by atoms with E-state index in [1.54, 1.807) is 36.1 Å². The number of ether oxygens (including phenoxy) is 1. The summed E-state index contributed by atoms with van der Waals surface area (Å²) < 4.78 is 5.25. The van der Waals surface area contributed by atoms with Crippen LogP contribution in [0.4, 0.5) is 5.82 Å². The smallest absolute Gasteiger partial charge is 0.138 e. The fourth-order valence-electron chi connectivity index (χ4n) is 2.75. The van der Waals surface area contributed by atoms with Crippen LogP contribution >= 0.6 is 22.7 Å². The molecule has 1 aromatic carbocycles. The molecule has 4 aromatic rings. The lowest BCUT2D eigenvalue weighted by Gasteiger charge is -2.08. The summed E-state index contributed by atoms with van der Waals surface area (Å²) in [5.41, 5.74) is 3.65. The van der Waals surface area contributed by atoms with E-state index in [0.29, 0.717) is 0 Å². The summed E-state index contributed by atoms with van der Waals surface area (Å²) >= 11 is 3.37. The van der Waals surface area contributed by atoms with Crippen LogP contribution in [-0.4, -0.2) is 23.6 Å². The average molecular weight is 367 g/mol. The van der Waals surface area contributed by atoms with Crippen LogP contribution in [0.1, 0.15) is 5.56 Å². The van der Waals surface area contributed by atoms with E-state index < -0.39 is 0 Å². The van der Waals surface area contributed by atoms with Crippen molar-refractivity contribution in [1.82, 2.24) is 9.97 Å². The molecule has 0 amide bonds. The monoisotopic (exact) mass is 367 g/mol. The Morgan fingerprint density at radius 3 is 2.72 bits per heavy atom. The van der Waals surface area contributed by atoms with E-state index in [9.17, 15) is 0 Å². The molecule has 0 saturated carbocycles. The van der Waals surface area contributed by atoms with Crippen molar-refractivity contribution in [1.29, 1.82) is 0 Å². The van der Waals surface area contributed by atoms with Crippen LogP contribution in [0.25, 0.3) is 21.3 Å². The van der Waals surface area contributed by atoms with Gasteiger partial charge in [0.1, 0.15) is 22.7 Å². The Morgan fingerprint density at radius 2 is 1.96 bits per heavy atom. The molecule has 4 rings (SSSR count). The summed E-state index contributed by atoms with van der Waals surface area (Å²) in [5.74, 6) is 1.75. The predicted octanol–water partition coefficient (Wildman–Crippen LogP) is 5.08. The highest BCUT2D eigenvalue weighted by molar-refractivity contribution is 7.17. The molecule has 0 radical (unpaired) electrons. The number of thiophene rings is 2. The molecule has 25 heavy (non-hydrogen) atoms. The Bertz CT molecular complexity index is 962. The van der Waals surface area contributed by atoms with Crippen LogP contribution in [0.3, 0.4) is 0 Å². The van der Waals surface area contributed by atoms with Gasteiger partial charge in [-0.25, -0.2) is 9.97 Å². The molecule has 126 valence electrons. The molecule has 0 spiro atoms. The van der Waals surface area contributed by atoms with Gasteiger partial charge in [-0.1, -0.05) is 12.1 Å². The summed E-state index contributed by atoms with van der Waals surface area (Å²) in [6.07, 6.45) is 2.61. The van der Waals surface area contributed by atoms with Crippen LogP contribution in [0.5, 0.6) is 5.75 Å². The molecule has 0 unspecified atom stereocenters. The Morgan fingerprint density at radius 1 is 1.08 bits per heavy atom. The van der Waals surface area contributed by atoms with Crippen molar-refractivity contribution in [3.05, 3.63) is 58.4 Å². The number of anilines is 1. The van der Waals surface area contributed by atoms with Gasteiger partial charge in [0, 0.05) is 17.5 Å². The van der Waals surface area contributed by atoms with Crippen molar-refractivity contribution in [2.45, 2.75) is 6.42 Å². The zero-order valence-corrected chi connectivity index (χ0v) is 15.4. The summed E-state index contributed by atoms with van der Waals surface area (Å²) in [4.78, 5) is 9.90. The Kier molecular flexibility index (Phi) is 4.63. The summed E-state index contributed by atoms with van der Waals surface area (Å²) in [6.45, 7) is 0.848. The Labute approximate surface area is 154 Å². The van der Waals surface area contributed by atoms with Crippen molar-refractivity contribution in [3.63, 3.8) is 0 Å². The van der Waals surface area contributed by atoms with Gasteiger partial charge in [0.25, 0.3) is 0 Å². The van der Waals surface area contributed by atoms with Crippen LogP contribution in [0.15, 0.2) is 52.8 Å². The maximum absolute atomic E-state index is 5.25. The molecule has 0 atom stereocenters. The zero-order valence-electron chi connectivity index (χ0n) is 13.7. The minimum absolute atomic E-state index is 0.848. The fourth-order valence-corrected chi connectivity index (χ4v) is 4.37. The lowest BCUT2D eigenvalue weighted by atomic mass is 10.1. The van der Waals surface area contributed by atoms with Gasteiger partial charge in [0.05, 0.1) is 12.5 Å². The lowest BCUT2D eigenvalue weighted by Crippen LogP contribution is -2.06. The first-order valence-corrected chi connectivity index (χ1v) is 9.79. The molecule has 0 aliphatic rings. The third-order valence-electron chi connectivity index (χ3n) is 4.06. The zero-order chi connectivity index (χ0) is 17.1. The minimum Gasteiger partial charge on any atom is -0.497 e. The first-order valence-electron chi connectivity index (χ1n) is 7.97. The van der Waals surface area contributed by atoms with Crippen molar-refractivity contribution >= 4 is 38.7 Å². The highest BCUT2D eigenvalue weighted by Crippen LogP contribution is 2.36. The number of hydrogen-bond donors (Lipinski definition) is 1. The maximum Gasteiger partial charge on any atom is 0.138 e. The topological polar surface area (TPSA) is 47.0 Å². The third kappa shape index (κ3) is 3.36. The van der Waals surface area contributed by atoms with Crippen LogP contribution in [-0.2, 0) is 6.42 Å². The molecular formula is C19H17N3OS2. The van der Waals surface area contributed by atoms with Gasteiger partial charge < -0.3 is 10.1 Å². The van der Waals surface area contributed by atoms with Crippen LogP contribution in [0, 0.1) is 0 Å². The second-order valence-electron chi connectivity index (χ2n) is 5.59. The molecule has 3 aromatic heterocycles. The Balaban J connectivity index is 1.63. The number of aromatic nitrogens is 2. The van der Waals surface area contributed by atoms with Gasteiger partial charge in [-0.15, -0.1) is 11.3 Å². The van der Waals surface area contributed by atoms with Gasteiger partial charge >= 0.3 is 0 Å². The summed E-state index contributed by atoms with van der Waals surface area (Å²) in [7, 11) is 1.68. The van der Waals surface area contributed by atoms with Gasteiger partial charge in [-0.3, -0.25) is 0 Å². The Hall–Kier alpha value is -2.44. The standard InChI is InChI=1S/C19H17N3OS2/c1-23-15-4-2-14(3-5-15)16-11-25-19-17(16)18(21-12-22-19)20-8-6-13-7-9-24-10-13/h2-5,7,9-12H,6,8H2,1H3,(H,20,21,22). The molecule has 0 aliphatic carbocycles. The van der Waals surface area contributed by atoms with Gasteiger partial charge in [-0.05, 0) is 46.5 Å². The molecule has 6 heteroatoms. The minimum atomic E-state index is 0.848. The van der Waals surface area contributed by atoms with E-state index in [2.05, 4.69) is 49.6 Å². The molecule has 1 N–H and O–H groups in total. The van der Waals surface area contributed by atoms with Gasteiger partial charge in [-0.2, -0.15) is 11.3 Å². The second-order valence-corrected chi connectivity index (χ2v) is 7.23. The molecule has 3 heterocycles. The lowest BCUT2D eigenvalue weighted by molar-refractivity contribution is 0.415. The first kappa shape index (κ1) is 16.1. The van der Waals surface area contributed by atoms with Gasteiger partial charge in [0.2, 0.25) is 0 Å². The molecule has 0 saturated heterocycles. The number of nitrogens with zero attached hydrogens (tertiary/aromatic N) is 2. The number of fused-ring (bicyclic) bond motifs is 1. The van der Waals surface area contributed by atoms with Crippen LogP contribution < -0.4 is 10.1 Å². The van der Waals surface area contributed by atoms with Crippen molar-refractivity contribution in [2.24, 2.45) is 0 Å². The number of rotatable bonds is 6. The van der Waals surface area contributed by atoms with E-state index in [0.717, 1.165) is 45.9 Å². The van der Waals surface area contributed by atoms with Crippen LogP contribution in [0.2, 0.25) is 0 Å². The van der Waals surface area contributed by atoms with E-state index in [1.165, 1.54) is 5.56 Å². The highest BCUT2D eigenvalue weighted by Gasteiger charge is 2.13. The maximum atomic E-state index is 5.25. The van der Waals surface area contributed by atoms with Gasteiger partial charge in [0.15, 0.2) is 0 Å². The molecule has 0 aliphatic heterocycles.